The molecule has 0 radical (unpaired) electrons. The number of nitrogens with zero attached hydrogens (tertiary/aromatic N) is 2. The van der Waals surface area contributed by atoms with E-state index in [9.17, 15) is 4.79 Å². The van der Waals surface area contributed by atoms with E-state index in [4.69, 9.17) is 10.4 Å². The largest absolute Gasteiger partial charge is 0.477 e. The molecule has 0 spiro atoms. The van der Waals surface area contributed by atoms with Crippen LogP contribution in [0.3, 0.4) is 0 Å². The highest BCUT2D eigenvalue weighted by molar-refractivity contribution is 7.16. The predicted octanol–water partition coefficient (Wildman–Crippen LogP) is 3.47. The van der Waals surface area contributed by atoms with Gasteiger partial charge in [0.05, 0.1) is 0 Å². The number of aliphatic carboxylic acids is 1. The number of carboxylic acid groups (broad SMARTS) is 1. The smallest absolute Gasteiger partial charge is 0.346 e. The van der Waals surface area contributed by atoms with Gasteiger partial charge in [-0.2, -0.15) is 5.26 Å². The SMILES string of the molecule is CN(C)c1ccc(-c2ccc(/C=C(\C#N)C(=O)O)s2)cc1. The molecule has 1 N–H and O–H groups in total. The third-order valence-corrected chi connectivity index (χ3v) is 4.01. The zero-order chi connectivity index (χ0) is 15.4. The van der Waals surface area contributed by atoms with E-state index >= 15 is 0 Å². The molecule has 0 aliphatic heterocycles. The van der Waals surface area contributed by atoms with E-state index in [0.717, 1.165) is 21.0 Å². The number of thiophene rings is 1. The summed E-state index contributed by atoms with van der Waals surface area (Å²) in [6.07, 6.45) is 1.39. The second-order valence-corrected chi connectivity index (χ2v) is 5.73. The summed E-state index contributed by atoms with van der Waals surface area (Å²) in [6, 6.07) is 13.5. The van der Waals surface area contributed by atoms with Gasteiger partial charge in [0.25, 0.3) is 0 Å². The van der Waals surface area contributed by atoms with Gasteiger partial charge in [-0.25, -0.2) is 4.79 Å². The Morgan fingerprint density at radius 3 is 2.43 bits per heavy atom. The Kier molecular flexibility index (Phi) is 4.41. The van der Waals surface area contributed by atoms with Crippen molar-refractivity contribution in [3.8, 4) is 16.5 Å². The normalized spacial score (nSPS) is 11.0. The van der Waals surface area contributed by atoms with Crippen molar-refractivity contribution in [2.24, 2.45) is 0 Å². The van der Waals surface area contributed by atoms with Gasteiger partial charge in [0.15, 0.2) is 0 Å². The Bertz CT molecular complexity index is 721. The molecule has 4 nitrogen and oxygen atoms in total. The Hall–Kier alpha value is -2.58. The van der Waals surface area contributed by atoms with Crippen molar-refractivity contribution in [2.45, 2.75) is 0 Å². The summed E-state index contributed by atoms with van der Waals surface area (Å²) in [5, 5.41) is 17.6. The monoisotopic (exact) mass is 298 g/mol. The number of rotatable bonds is 4. The number of carbonyl (C=O) groups is 1. The second kappa shape index (κ2) is 6.25. The lowest BCUT2D eigenvalue weighted by molar-refractivity contribution is -0.132. The van der Waals surface area contributed by atoms with Crippen molar-refractivity contribution in [1.29, 1.82) is 5.26 Å². The van der Waals surface area contributed by atoms with Gasteiger partial charge in [-0.15, -0.1) is 11.3 Å². The zero-order valence-electron chi connectivity index (χ0n) is 11.7. The maximum Gasteiger partial charge on any atom is 0.346 e. The van der Waals surface area contributed by atoms with E-state index in [1.165, 1.54) is 17.4 Å². The summed E-state index contributed by atoms with van der Waals surface area (Å²) in [7, 11) is 3.97. The van der Waals surface area contributed by atoms with Gasteiger partial charge in [0.1, 0.15) is 11.6 Å². The molecule has 0 unspecified atom stereocenters. The van der Waals surface area contributed by atoms with Crippen LogP contribution in [0.15, 0.2) is 42.0 Å². The summed E-state index contributed by atoms with van der Waals surface area (Å²) in [4.78, 5) is 14.6. The minimum Gasteiger partial charge on any atom is -0.477 e. The molecule has 0 amide bonds. The Morgan fingerprint density at radius 1 is 1.24 bits per heavy atom. The molecule has 5 heteroatoms. The number of benzene rings is 1. The average molecular weight is 298 g/mol. The van der Waals surface area contributed by atoms with E-state index in [1.54, 1.807) is 6.07 Å². The van der Waals surface area contributed by atoms with Crippen LogP contribution in [0.4, 0.5) is 5.69 Å². The fourth-order valence-electron chi connectivity index (χ4n) is 1.79. The van der Waals surface area contributed by atoms with Crippen molar-refractivity contribution < 1.29 is 9.90 Å². The molecule has 1 aromatic carbocycles. The molecule has 0 atom stereocenters. The molecule has 106 valence electrons. The summed E-state index contributed by atoms with van der Waals surface area (Å²) >= 11 is 1.46. The Labute approximate surface area is 127 Å². The minimum absolute atomic E-state index is 0.258. The van der Waals surface area contributed by atoms with Gasteiger partial charge in [-0.3, -0.25) is 0 Å². The fourth-order valence-corrected chi connectivity index (χ4v) is 2.75. The van der Waals surface area contributed by atoms with Gasteiger partial charge >= 0.3 is 5.97 Å². The predicted molar refractivity (Wildman–Crippen MR) is 85.3 cm³/mol. The summed E-state index contributed by atoms with van der Waals surface area (Å²) < 4.78 is 0. The van der Waals surface area contributed by atoms with Crippen molar-refractivity contribution in [3.05, 3.63) is 46.8 Å². The second-order valence-electron chi connectivity index (χ2n) is 4.62. The molecule has 1 aromatic heterocycles. The molecule has 0 saturated carbocycles. The molecular weight excluding hydrogens is 284 g/mol. The van der Waals surface area contributed by atoms with Crippen LogP contribution in [-0.2, 0) is 4.79 Å². The lowest BCUT2D eigenvalue weighted by Crippen LogP contribution is -2.07. The van der Waals surface area contributed by atoms with Crippen LogP contribution in [-0.4, -0.2) is 25.2 Å². The highest BCUT2D eigenvalue weighted by Gasteiger charge is 2.08. The number of hydrogen-bond acceptors (Lipinski definition) is 4. The summed E-state index contributed by atoms with van der Waals surface area (Å²) in [5.74, 6) is -1.21. The van der Waals surface area contributed by atoms with E-state index in [2.05, 4.69) is 0 Å². The third kappa shape index (κ3) is 3.50. The maximum atomic E-state index is 10.8. The molecule has 0 aliphatic carbocycles. The first kappa shape index (κ1) is 14.8. The van der Waals surface area contributed by atoms with E-state index in [1.807, 2.05) is 55.4 Å². The molecule has 1 heterocycles. The van der Waals surface area contributed by atoms with Gasteiger partial charge in [-0.05, 0) is 35.9 Å². The third-order valence-electron chi connectivity index (χ3n) is 2.93. The van der Waals surface area contributed by atoms with Crippen molar-refractivity contribution >= 4 is 29.1 Å². The van der Waals surface area contributed by atoms with Gasteiger partial charge in [0, 0.05) is 29.5 Å². The number of carboxylic acids is 1. The quantitative estimate of drug-likeness (QED) is 0.693. The van der Waals surface area contributed by atoms with Crippen LogP contribution in [0.25, 0.3) is 16.5 Å². The van der Waals surface area contributed by atoms with Crippen LogP contribution in [0.2, 0.25) is 0 Å². The van der Waals surface area contributed by atoms with Crippen molar-refractivity contribution in [3.63, 3.8) is 0 Å². The lowest BCUT2D eigenvalue weighted by Gasteiger charge is -2.12. The topological polar surface area (TPSA) is 64.3 Å². The van der Waals surface area contributed by atoms with Gasteiger partial charge in [0.2, 0.25) is 0 Å². The summed E-state index contributed by atoms with van der Waals surface area (Å²) in [6.45, 7) is 0. The maximum absolute atomic E-state index is 10.8. The van der Waals surface area contributed by atoms with Crippen LogP contribution in [0.1, 0.15) is 4.88 Å². The van der Waals surface area contributed by atoms with E-state index < -0.39 is 5.97 Å². The van der Waals surface area contributed by atoms with E-state index in [0.29, 0.717) is 0 Å². The van der Waals surface area contributed by atoms with Crippen LogP contribution in [0, 0.1) is 11.3 Å². The Balaban J connectivity index is 2.28. The van der Waals surface area contributed by atoms with E-state index in [-0.39, 0.29) is 5.57 Å². The zero-order valence-corrected chi connectivity index (χ0v) is 12.5. The molecule has 2 aromatic rings. The number of hydrogen-bond donors (Lipinski definition) is 1. The van der Waals surface area contributed by atoms with Crippen LogP contribution < -0.4 is 4.90 Å². The minimum atomic E-state index is -1.21. The first-order valence-electron chi connectivity index (χ1n) is 6.24. The standard InChI is InChI=1S/C16H14N2O2S/c1-18(2)13-5-3-11(4-6-13)15-8-7-14(21-15)9-12(10-17)16(19)20/h3-9H,1-2H3,(H,19,20)/b12-9+. The average Bonchev–Trinajstić information content (AvgIpc) is 2.93. The number of nitriles is 1. The molecule has 0 bridgehead atoms. The number of anilines is 1. The molecule has 0 saturated heterocycles. The van der Waals surface area contributed by atoms with Gasteiger partial charge in [-0.1, -0.05) is 12.1 Å². The lowest BCUT2D eigenvalue weighted by atomic mass is 10.1. The fraction of sp³-hybridized carbons (Fsp3) is 0.125. The van der Waals surface area contributed by atoms with Crippen molar-refractivity contribution in [2.75, 3.05) is 19.0 Å². The molecule has 0 fully saturated rings. The summed E-state index contributed by atoms with van der Waals surface area (Å²) in [5.41, 5.74) is 1.93. The highest BCUT2D eigenvalue weighted by Crippen LogP contribution is 2.30. The molecule has 0 aliphatic rings. The van der Waals surface area contributed by atoms with Crippen LogP contribution >= 0.6 is 11.3 Å². The molecule has 2 rings (SSSR count). The van der Waals surface area contributed by atoms with Gasteiger partial charge < -0.3 is 10.0 Å². The first-order valence-corrected chi connectivity index (χ1v) is 7.05. The molecule has 21 heavy (non-hydrogen) atoms. The van der Waals surface area contributed by atoms with Crippen molar-refractivity contribution in [1.82, 2.24) is 0 Å². The first-order chi connectivity index (χ1) is 10.0. The van der Waals surface area contributed by atoms with Crippen LogP contribution in [0.5, 0.6) is 0 Å². The Morgan fingerprint density at radius 2 is 1.90 bits per heavy atom. The molecular formula is C16H14N2O2S. The highest BCUT2D eigenvalue weighted by atomic mass is 32.1.